The van der Waals surface area contributed by atoms with Crippen molar-refractivity contribution >= 4 is 45.0 Å². The predicted octanol–water partition coefficient (Wildman–Crippen LogP) is 7.82. The highest BCUT2D eigenvalue weighted by atomic mass is 16.6. The van der Waals surface area contributed by atoms with Gasteiger partial charge in [0.2, 0.25) is 0 Å². The second kappa shape index (κ2) is 29.5. The summed E-state index contributed by atoms with van der Waals surface area (Å²) in [7, 11) is 9.40. The van der Waals surface area contributed by atoms with Crippen molar-refractivity contribution in [3.8, 4) is 11.5 Å². The molecule has 20 nitrogen and oxygen atoms in total. The molecule has 8 rings (SSSR count). The molecule has 1 saturated heterocycles. The average molecular weight is 1110 g/mol. The minimum atomic E-state index is -0.320. The van der Waals surface area contributed by atoms with Gasteiger partial charge in [-0.3, -0.25) is 18.8 Å². The molecule has 0 bridgehead atoms. The first-order chi connectivity index (χ1) is 38.7. The first-order valence-corrected chi connectivity index (χ1v) is 28.9. The molecule has 4 heterocycles. The second-order valence-corrected chi connectivity index (χ2v) is 22.5. The van der Waals surface area contributed by atoms with Gasteiger partial charge in [0.15, 0.2) is 0 Å². The average Bonchev–Trinajstić information content (AvgIpc) is 4.11. The number of carbonyl (C=O) groups is 1. The van der Waals surface area contributed by atoms with Gasteiger partial charge in [0.05, 0.1) is 119 Å². The van der Waals surface area contributed by atoms with Crippen molar-refractivity contribution in [2.75, 3.05) is 129 Å². The molecule has 20 heteroatoms. The Morgan fingerprint density at radius 3 is 2.19 bits per heavy atom. The molecule has 2 aliphatic rings. The number of benzene rings is 3. The van der Waals surface area contributed by atoms with E-state index in [0.29, 0.717) is 107 Å². The normalized spacial score (nSPS) is 16.1. The van der Waals surface area contributed by atoms with Crippen molar-refractivity contribution in [2.24, 2.45) is 25.4 Å². The first kappa shape index (κ1) is 59.9. The molecule has 3 aromatic heterocycles. The maximum absolute atomic E-state index is 13.8. The van der Waals surface area contributed by atoms with Crippen LogP contribution in [0, 0.1) is 11.3 Å². The maximum atomic E-state index is 13.8. The number of aromatic nitrogens is 7. The van der Waals surface area contributed by atoms with Gasteiger partial charge < -0.3 is 48.9 Å². The fourth-order valence-electron chi connectivity index (χ4n) is 10.9. The molecular formula is C60H88N12O8. The number of methoxy groups -OCH3 is 1. The molecule has 2 fully saturated rings. The van der Waals surface area contributed by atoms with Crippen LogP contribution in [0.15, 0.2) is 65.6 Å². The molecule has 1 aliphatic heterocycles. The molecule has 3 aromatic carbocycles. The van der Waals surface area contributed by atoms with Crippen LogP contribution in [0.4, 0.5) is 17.2 Å². The molecule has 80 heavy (non-hydrogen) atoms. The molecule has 1 aliphatic carbocycles. The third-order valence-electron chi connectivity index (χ3n) is 15.8. The number of amides is 1. The van der Waals surface area contributed by atoms with Crippen LogP contribution >= 0.6 is 0 Å². The van der Waals surface area contributed by atoms with E-state index in [9.17, 15) is 9.59 Å². The van der Waals surface area contributed by atoms with E-state index >= 15 is 0 Å². The van der Waals surface area contributed by atoms with Crippen LogP contribution in [0.5, 0.6) is 11.5 Å². The number of hydrogen-bond acceptors (Lipinski definition) is 16. The van der Waals surface area contributed by atoms with Gasteiger partial charge in [-0.1, -0.05) is 38.1 Å². The van der Waals surface area contributed by atoms with E-state index in [1.807, 2.05) is 18.3 Å². The van der Waals surface area contributed by atoms with E-state index in [1.165, 1.54) is 39.2 Å². The zero-order chi connectivity index (χ0) is 56.4. The van der Waals surface area contributed by atoms with Crippen LogP contribution in [0.2, 0.25) is 0 Å². The Balaban J connectivity index is 0.632. The van der Waals surface area contributed by atoms with Crippen molar-refractivity contribution in [1.82, 2.24) is 43.9 Å². The Hall–Kier alpha value is -6.16. The lowest BCUT2D eigenvalue weighted by molar-refractivity contribution is -0.00424. The van der Waals surface area contributed by atoms with Gasteiger partial charge in [0, 0.05) is 70.4 Å². The third-order valence-corrected chi connectivity index (χ3v) is 15.8. The zero-order valence-electron chi connectivity index (χ0n) is 48.8. The fourth-order valence-corrected chi connectivity index (χ4v) is 10.9. The van der Waals surface area contributed by atoms with Crippen LogP contribution in [0.25, 0.3) is 21.9 Å². The van der Waals surface area contributed by atoms with Crippen molar-refractivity contribution in [3.63, 3.8) is 0 Å². The molecule has 0 atom stereocenters. The lowest BCUT2D eigenvalue weighted by Crippen LogP contribution is -2.37. The van der Waals surface area contributed by atoms with Gasteiger partial charge in [0.1, 0.15) is 23.1 Å². The van der Waals surface area contributed by atoms with Crippen molar-refractivity contribution in [3.05, 3.63) is 88.4 Å². The summed E-state index contributed by atoms with van der Waals surface area (Å²) in [5, 5.41) is 16.3. The number of imidazole rings is 1. The molecule has 2 N–H and O–H groups in total. The molecule has 0 spiro atoms. The standard InChI is InChI=1S/C60H88N12O8/c1-60(2,3)44-17-19-46(20-18-44)68(5)43-56-62-50-16-11-10-15-48(50)57(64-56)61-24-14-25-67(4)28-31-76-33-35-78-37-38-79-36-34-77-32-29-72-42-45(65-66-72)23-30-80-47-21-22-49(55(39-47)75-8)58(73)63-51-40-53-54(70(7)59(74)69(53)6)41-52(51)71-26-12-9-13-27-71/h10-11,15-16,21-22,39-42,44,46H,9,12-14,17-20,23-38,43H2,1-8H3,(H,63,73)(H,61,62,64). The number of hydrogen-bond donors (Lipinski definition) is 2. The molecule has 0 radical (unpaired) electrons. The maximum Gasteiger partial charge on any atom is 0.328 e. The number of fused-ring (bicyclic) bond motifs is 2. The highest BCUT2D eigenvalue weighted by Crippen LogP contribution is 2.39. The van der Waals surface area contributed by atoms with Crippen LogP contribution in [-0.2, 0) is 52.6 Å². The zero-order valence-corrected chi connectivity index (χ0v) is 48.8. The Morgan fingerprint density at radius 2 is 1.48 bits per heavy atom. The number of ether oxygens (including phenoxy) is 6. The van der Waals surface area contributed by atoms with Crippen molar-refractivity contribution in [1.29, 1.82) is 0 Å². The van der Waals surface area contributed by atoms with Gasteiger partial charge in [-0.25, -0.2) is 19.4 Å². The van der Waals surface area contributed by atoms with Gasteiger partial charge in [-0.05, 0) is 120 Å². The highest BCUT2D eigenvalue weighted by Gasteiger charge is 2.31. The van der Waals surface area contributed by atoms with Gasteiger partial charge in [-0.2, -0.15) is 0 Å². The summed E-state index contributed by atoms with van der Waals surface area (Å²) < 4.78 is 39.7. The van der Waals surface area contributed by atoms with Gasteiger partial charge >= 0.3 is 5.69 Å². The molecule has 0 unspecified atom stereocenters. The fraction of sp³-hybridized carbons (Fsp3) is 0.600. The number of aryl methyl sites for hydroxylation is 2. The topological polar surface area (TPSA) is 190 Å². The lowest BCUT2D eigenvalue weighted by Gasteiger charge is -2.39. The third kappa shape index (κ3) is 16.7. The number of para-hydroxylation sites is 1. The van der Waals surface area contributed by atoms with Gasteiger partial charge in [-0.15, -0.1) is 5.10 Å². The second-order valence-electron chi connectivity index (χ2n) is 22.5. The molecule has 1 amide bonds. The van der Waals surface area contributed by atoms with Crippen molar-refractivity contribution < 1.29 is 33.2 Å². The van der Waals surface area contributed by atoms with Crippen LogP contribution in [0.1, 0.15) is 94.0 Å². The van der Waals surface area contributed by atoms with Crippen LogP contribution in [-0.4, -0.2) is 169 Å². The smallest absolute Gasteiger partial charge is 0.328 e. The summed E-state index contributed by atoms with van der Waals surface area (Å²) in [5.74, 6) is 3.22. The van der Waals surface area contributed by atoms with Crippen molar-refractivity contribution in [2.45, 2.75) is 97.7 Å². The number of carbonyl (C=O) groups excluding carboxylic acids is 1. The quantitative estimate of drug-likeness (QED) is 0.0401. The predicted molar refractivity (Wildman–Crippen MR) is 314 cm³/mol. The number of piperidine rings is 1. The monoisotopic (exact) mass is 1100 g/mol. The molecule has 1 saturated carbocycles. The van der Waals surface area contributed by atoms with Crippen LogP contribution in [0.3, 0.4) is 0 Å². The Bertz CT molecular complexity index is 2960. The SMILES string of the molecule is COc1cc(OCCc2cn(CCOCCOCCOCCOCCN(C)CCCNc3nc(CN(C)C4CCC(C(C)(C)C)CC4)nc4ccccc34)nn2)ccc1C(=O)Nc1cc2c(cc1N1CCCCC1)n(C)c(=O)n2C. The van der Waals surface area contributed by atoms with E-state index in [-0.39, 0.29) is 11.6 Å². The summed E-state index contributed by atoms with van der Waals surface area (Å²) >= 11 is 0. The number of nitrogens with zero attached hydrogens (tertiary/aromatic N) is 10. The largest absolute Gasteiger partial charge is 0.496 e. The molecular weight excluding hydrogens is 1020 g/mol. The Kier molecular flexibility index (Phi) is 22.1. The summed E-state index contributed by atoms with van der Waals surface area (Å²) in [6.45, 7) is 17.3. The summed E-state index contributed by atoms with van der Waals surface area (Å²) in [6.07, 6.45) is 11.8. The van der Waals surface area contributed by atoms with E-state index in [1.54, 1.807) is 46.1 Å². The van der Waals surface area contributed by atoms with E-state index in [4.69, 9.17) is 38.4 Å². The minimum absolute atomic E-state index is 0.119. The Labute approximate surface area is 472 Å². The summed E-state index contributed by atoms with van der Waals surface area (Å²) in [5.41, 5.74) is 5.51. The number of rotatable bonds is 31. The van der Waals surface area contributed by atoms with E-state index in [0.717, 1.165) is 109 Å². The highest BCUT2D eigenvalue weighted by molar-refractivity contribution is 6.09. The number of anilines is 3. The van der Waals surface area contributed by atoms with E-state index in [2.05, 4.69) is 94.8 Å². The van der Waals surface area contributed by atoms with E-state index < -0.39 is 0 Å². The Morgan fingerprint density at radius 1 is 0.787 bits per heavy atom. The number of nitrogens with one attached hydrogen (secondary N) is 2. The van der Waals surface area contributed by atoms with Crippen LogP contribution < -0.4 is 30.7 Å². The number of likely N-dealkylation sites (N-methyl/N-ethyl adjacent to an activating group) is 1. The minimum Gasteiger partial charge on any atom is -0.496 e. The molecule has 6 aromatic rings. The lowest BCUT2D eigenvalue weighted by atomic mass is 9.71. The summed E-state index contributed by atoms with van der Waals surface area (Å²) in [4.78, 5) is 43.6. The first-order valence-electron chi connectivity index (χ1n) is 28.9. The summed E-state index contributed by atoms with van der Waals surface area (Å²) in [6, 6.07) is 17.9. The van der Waals surface area contributed by atoms with Gasteiger partial charge in [0.25, 0.3) is 5.91 Å². The molecule has 436 valence electrons.